The van der Waals surface area contributed by atoms with Crippen molar-refractivity contribution in [3.63, 3.8) is 0 Å². The molecule has 0 saturated carbocycles. The quantitative estimate of drug-likeness (QED) is 0.205. The van der Waals surface area contributed by atoms with Crippen molar-refractivity contribution in [2.75, 3.05) is 52.7 Å². The molecule has 6 nitrogen and oxygen atoms in total. The minimum Gasteiger partial charge on any atom is -0.379 e. The van der Waals surface area contributed by atoms with Crippen LogP contribution in [0.25, 0.3) is 0 Å². The van der Waals surface area contributed by atoms with E-state index in [4.69, 9.17) is 9.47 Å². The number of nitrogens with zero attached hydrogens (tertiary/aromatic N) is 1. The predicted octanol–water partition coefficient (Wildman–Crippen LogP) is 2.32. The summed E-state index contributed by atoms with van der Waals surface area (Å²) in [6.07, 6.45) is -1.82. The second-order valence-corrected chi connectivity index (χ2v) is 5.42. The smallest absolute Gasteiger partial charge is 0.379 e. The monoisotopic (exact) mass is 483 g/mol. The van der Waals surface area contributed by atoms with Crippen LogP contribution in [0.3, 0.4) is 0 Å². The molecule has 10 heteroatoms. The Labute approximate surface area is 164 Å². The predicted molar refractivity (Wildman–Crippen MR) is 101 cm³/mol. The molecule has 1 fully saturated rings. The summed E-state index contributed by atoms with van der Waals surface area (Å²) < 4.78 is 51.2. The first-order valence-corrected chi connectivity index (χ1v) is 8.37. The zero-order chi connectivity index (χ0) is 17.7. The van der Waals surface area contributed by atoms with Gasteiger partial charge in [0.05, 0.1) is 12.7 Å². The number of ether oxygens (including phenoxy) is 3. The molecule has 0 aliphatic carbocycles. The Bertz CT molecular complexity index is 355. The van der Waals surface area contributed by atoms with Gasteiger partial charge in [-0.1, -0.05) is 0 Å². The lowest BCUT2D eigenvalue weighted by atomic mass is 10.3. The molecule has 150 valence electrons. The van der Waals surface area contributed by atoms with Gasteiger partial charge in [0.15, 0.2) is 5.96 Å². The summed E-state index contributed by atoms with van der Waals surface area (Å²) in [5.41, 5.74) is 0. The highest BCUT2D eigenvalue weighted by Gasteiger charge is 2.27. The van der Waals surface area contributed by atoms with E-state index in [9.17, 15) is 13.2 Å². The maximum absolute atomic E-state index is 11.9. The molecule has 1 rings (SSSR count). The van der Waals surface area contributed by atoms with Gasteiger partial charge >= 0.3 is 6.18 Å². The first-order valence-electron chi connectivity index (χ1n) is 8.37. The molecule has 1 heterocycles. The summed E-state index contributed by atoms with van der Waals surface area (Å²) in [7, 11) is 0. The number of alkyl halides is 3. The van der Waals surface area contributed by atoms with E-state index in [1.54, 1.807) is 0 Å². The summed E-state index contributed by atoms with van der Waals surface area (Å²) in [6.45, 7) is 4.72. The SMILES string of the molecule is CCNC(=NCCCOCC(F)(F)F)NCCCOC1CCOC1.I. The minimum absolute atomic E-state index is 0. The summed E-state index contributed by atoms with van der Waals surface area (Å²) in [5, 5.41) is 6.26. The van der Waals surface area contributed by atoms with Crippen molar-refractivity contribution in [2.45, 2.75) is 38.5 Å². The Kier molecular flexibility index (Phi) is 14.6. The Balaban J connectivity index is 0.00000576. The van der Waals surface area contributed by atoms with Crippen molar-refractivity contribution in [1.82, 2.24) is 10.6 Å². The van der Waals surface area contributed by atoms with Crippen LogP contribution >= 0.6 is 24.0 Å². The van der Waals surface area contributed by atoms with Crippen molar-refractivity contribution in [1.29, 1.82) is 0 Å². The third-order valence-electron chi connectivity index (χ3n) is 3.18. The molecule has 1 aliphatic heterocycles. The molecule has 25 heavy (non-hydrogen) atoms. The van der Waals surface area contributed by atoms with Crippen molar-refractivity contribution < 1.29 is 27.4 Å². The van der Waals surface area contributed by atoms with Gasteiger partial charge in [-0.25, -0.2) is 0 Å². The molecule has 0 bridgehead atoms. The number of rotatable bonds is 11. The first-order chi connectivity index (χ1) is 11.5. The third kappa shape index (κ3) is 14.5. The highest BCUT2D eigenvalue weighted by atomic mass is 127. The van der Waals surface area contributed by atoms with E-state index in [1.165, 1.54) is 0 Å². The molecular weight excluding hydrogens is 454 g/mol. The Morgan fingerprint density at radius 3 is 2.68 bits per heavy atom. The van der Waals surface area contributed by atoms with E-state index in [2.05, 4.69) is 20.4 Å². The second kappa shape index (κ2) is 14.8. The maximum Gasteiger partial charge on any atom is 0.411 e. The highest BCUT2D eigenvalue weighted by Crippen LogP contribution is 2.14. The number of aliphatic imine (C=N–C) groups is 1. The van der Waals surface area contributed by atoms with Gasteiger partial charge in [0.2, 0.25) is 0 Å². The molecule has 0 spiro atoms. The highest BCUT2D eigenvalue weighted by molar-refractivity contribution is 14.0. The molecule has 0 amide bonds. The van der Waals surface area contributed by atoms with Crippen LogP contribution in [0.4, 0.5) is 13.2 Å². The van der Waals surface area contributed by atoms with Gasteiger partial charge in [0, 0.05) is 39.5 Å². The van der Waals surface area contributed by atoms with E-state index in [0.29, 0.717) is 45.2 Å². The number of guanidine groups is 1. The Morgan fingerprint density at radius 2 is 2.04 bits per heavy atom. The molecule has 1 aliphatic rings. The minimum atomic E-state index is -4.27. The van der Waals surface area contributed by atoms with E-state index < -0.39 is 12.8 Å². The molecule has 1 atom stereocenters. The topological polar surface area (TPSA) is 64.1 Å². The van der Waals surface area contributed by atoms with Crippen LogP contribution in [0.5, 0.6) is 0 Å². The van der Waals surface area contributed by atoms with Gasteiger partial charge < -0.3 is 24.8 Å². The fraction of sp³-hybridized carbons (Fsp3) is 0.933. The van der Waals surface area contributed by atoms with E-state index in [0.717, 1.165) is 19.4 Å². The van der Waals surface area contributed by atoms with Crippen LogP contribution in [0.1, 0.15) is 26.2 Å². The molecule has 0 aromatic rings. The second-order valence-electron chi connectivity index (χ2n) is 5.42. The average molecular weight is 483 g/mol. The molecule has 0 aromatic heterocycles. The normalized spacial score (nSPS) is 18.1. The number of halogens is 4. The van der Waals surface area contributed by atoms with Crippen LogP contribution in [-0.4, -0.2) is 70.9 Å². The van der Waals surface area contributed by atoms with Gasteiger partial charge in [0.25, 0.3) is 0 Å². The molecule has 1 unspecified atom stereocenters. The number of hydrogen-bond acceptors (Lipinski definition) is 4. The van der Waals surface area contributed by atoms with Gasteiger partial charge in [-0.2, -0.15) is 13.2 Å². The Hall–Kier alpha value is -0.330. The number of hydrogen-bond donors (Lipinski definition) is 2. The van der Waals surface area contributed by atoms with Crippen LogP contribution in [0.2, 0.25) is 0 Å². The van der Waals surface area contributed by atoms with Gasteiger partial charge in [-0.3, -0.25) is 4.99 Å². The average Bonchev–Trinajstić information content (AvgIpc) is 3.02. The molecule has 2 N–H and O–H groups in total. The third-order valence-corrected chi connectivity index (χ3v) is 3.18. The lowest BCUT2D eigenvalue weighted by molar-refractivity contribution is -0.173. The van der Waals surface area contributed by atoms with Crippen LogP contribution in [-0.2, 0) is 14.2 Å². The zero-order valence-corrected chi connectivity index (χ0v) is 16.9. The summed E-state index contributed by atoms with van der Waals surface area (Å²) in [6, 6.07) is 0. The largest absolute Gasteiger partial charge is 0.411 e. The summed E-state index contributed by atoms with van der Waals surface area (Å²) >= 11 is 0. The van der Waals surface area contributed by atoms with E-state index in [1.807, 2.05) is 6.92 Å². The van der Waals surface area contributed by atoms with Gasteiger partial charge in [-0.15, -0.1) is 24.0 Å². The molecule has 1 saturated heterocycles. The molecule has 0 aromatic carbocycles. The number of nitrogens with one attached hydrogen (secondary N) is 2. The zero-order valence-electron chi connectivity index (χ0n) is 14.6. The lowest BCUT2D eigenvalue weighted by Gasteiger charge is -2.13. The van der Waals surface area contributed by atoms with Crippen LogP contribution < -0.4 is 10.6 Å². The lowest BCUT2D eigenvalue weighted by Crippen LogP contribution is -2.38. The van der Waals surface area contributed by atoms with E-state index in [-0.39, 0.29) is 36.7 Å². The van der Waals surface area contributed by atoms with Crippen LogP contribution in [0, 0.1) is 0 Å². The van der Waals surface area contributed by atoms with Crippen molar-refractivity contribution in [3.05, 3.63) is 0 Å². The maximum atomic E-state index is 11.9. The summed E-state index contributed by atoms with van der Waals surface area (Å²) in [4.78, 5) is 4.29. The van der Waals surface area contributed by atoms with Crippen molar-refractivity contribution in [3.8, 4) is 0 Å². The van der Waals surface area contributed by atoms with Gasteiger partial charge in [0.1, 0.15) is 6.61 Å². The van der Waals surface area contributed by atoms with Crippen molar-refractivity contribution in [2.24, 2.45) is 4.99 Å². The molecular formula is C15H29F3IN3O3. The van der Waals surface area contributed by atoms with Crippen LogP contribution in [0.15, 0.2) is 4.99 Å². The molecule has 0 radical (unpaired) electrons. The van der Waals surface area contributed by atoms with Crippen molar-refractivity contribution >= 4 is 29.9 Å². The van der Waals surface area contributed by atoms with E-state index >= 15 is 0 Å². The fourth-order valence-electron chi connectivity index (χ4n) is 2.06. The fourth-order valence-corrected chi connectivity index (χ4v) is 2.06. The summed E-state index contributed by atoms with van der Waals surface area (Å²) in [5.74, 6) is 0.650. The standard InChI is InChI=1S/C15H28F3N3O3.HI/c1-2-19-14(20-6-3-8-23-12-15(16,17)18)21-7-4-9-24-13-5-10-22-11-13;/h13H,2-12H2,1H3,(H2,19,20,21);1H. The van der Waals surface area contributed by atoms with Gasteiger partial charge in [-0.05, 0) is 26.2 Å². The Morgan fingerprint density at radius 1 is 1.24 bits per heavy atom. The first kappa shape index (κ1) is 24.7.